The average Bonchev–Trinajstić information content (AvgIpc) is 2.08. The van der Waals surface area contributed by atoms with Crippen molar-refractivity contribution < 1.29 is 21.7 Å². The van der Waals surface area contributed by atoms with Crippen molar-refractivity contribution in [3.05, 3.63) is 38.3 Å². The normalized spacial score (nSPS) is 13.8. The summed E-state index contributed by atoms with van der Waals surface area (Å²) in [5.74, 6) is 0. The predicted octanol–water partition coefficient (Wildman–Crippen LogP) is 3.45. The summed E-state index contributed by atoms with van der Waals surface area (Å²) in [6.45, 7) is 7.06. The Morgan fingerprint density at radius 3 is 1.92 bits per heavy atom. The molecule has 0 atom stereocenters. The van der Waals surface area contributed by atoms with Crippen LogP contribution in [0.3, 0.4) is 0 Å². The van der Waals surface area contributed by atoms with Gasteiger partial charge in [0, 0.05) is 8.07 Å². The first-order valence-electron chi connectivity index (χ1n) is 3.38. The molecular formula is C10H19SiTi. The largest absolute Gasteiger partial charge is 3.00 e. The quantitative estimate of drug-likeness (QED) is 0.464. The molecule has 0 aromatic rings. The van der Waals surface area contributed by atoms with Crippen LogP contribution in [0.4, 0.5) is 0 Å². The van der Waals surface area contributed by atoms with Crippen LogP contribution in [0.15, 0.2) is 17.3 Å². The monoisotopic (exact) mass is 215 g/mol. The van der Waals surface area contributed by atoms with Crippen LogP contribution in [0.1, 0.15) is 6.42 Å². The minimum Gasteiger partial charge on any atom is -0.358 e. The molecule has 0 amide bonds. The van der Waals surface area contributed by atoms with Gasteiger partial charge in [-0.15, -0.1) is 6.42 Å². The fraction of sp³-hybridized carbons (Fsp3) is 0.400. The van der Waals surface area contributed by atoms with E-state index in [1.54, 1.807) is 0 Å². The van der Waals surface area contributed by atoms with Gasteiger partial charge in [0.2, 0.25) is 0 Å². The minimum absolute atomic E-state index is 0. The molecule has 0 aromatic carbocycles. The maximum Gasteiger partial charge on any atom is 3.00 e. The van der Waals surface area contributed by atoms with Crippen molar-refractivity contribution in [1.29, 1.82) is 0 Å². The molecule has 0 aromatic heterocycles. The first-order chi connectivity index (χ1) is 4.11. The molecule has 0 spiro atoms. The van der Waals surface area contributed by atoms with Crippen molar-refractivity contribution >= 4 is 8.07 Å². The molecule has 0 aliphatic heterocycles. The zero-order chi connectivity index (χ0) is 6.91. The van der Waals surface area contributed by atoms with Gasteiger partial charge in [-0.3, -0.25) is 6.08 Å². The van der Waals surface area contributed by atoms with E-state index in [0.29, 0.717) is 0 Å². The van der Waals surface area contributed by atoms with Gasteiger partial charge < -0.3 is 14.9 Å². The van der Waals surface area contributed by atoms with E-state index < -0.39 is 8.07 Å². The molecule has 1 aliphatic carbocycles. The first-order valence-corrected chi connectivity index (χ1v) is 6.88. The van der Waals surface area contributed by atoms with Crippen LogP contribution in [-0.4, -0.2) is 8.07 Å². The summed E-state index contributed by atoms with van der Waals surface area (Å²) >= 11 is 0. The Balaban J connectivity index is -0.000000270. The zero-order valence-corrected chi connectivity index (χ0v) is 11.4. The summed E-state index contributed by atoms with van der Waals surface area (Å²) in [5, 5.41) is 1.49. The average molecular weight is 215 g/mol. The van der Waals surface area contributed by atoms with E-state index >= 15 is 0 Å². The van der Waals surface area contributed by atoms with Gasteiger partial charge in [0.25, 0.3) is 0 Å². The van der Waals surface area contributed by atoms with Crippen molar-refractivity contribution in [2.45, 2.75) is 26.1 Å². The van der Waals surface area contributed by atoms with Crippen molar-refractivity contribution in [3.8, 4) is 0 Å². The van der Waals surface area contributed by atoms with Gasteiger partial charge in [0.15, 0.2) is 0 Å². The van der Waals surface area contributed by atoms with Crippen LogP contribution in [-0.2, 0) is 21.7 Å². The third-order valence-electron chi connectivity index (χ3n) is 1.50. The molecule has 1 rings (SSSR count). The van der Waals surface area contributed by atoms with Crippen LogP contribution >= 0.6 is 0 Å². The number of hydrogen-bond acceptors (Lipinski definition) is 0. The Morgan fingerprint density at radius 2 is 1.75 bits per heavy atom. The first kappa shape index (κ1) is 18.2. The van der Waals surface area contributed by atoms with Crippen LogP contribution in [0.25, 0.3) is 0 Å². The van der Waals surface area contributed by atoms with Gasteiger partial charge in [0.05, 0.1) is 0 Å². The molecule has 0 heterocycles. The Morgan fingerprint density at radius 1 is 1.25 bits per heavy atom. The van der Waals surface area contributed by atoms with Crippen molar-refractivity contribution in [3.63, 3.8) is 0 Å². The molecule has 0 fully saturated rings. The van der Waals surface area contributed by atoms with Crippen LogP contribution < -0.4 is 0 Å². The zero-order valence-electron chi connectivity index (χ0n) is 8.86. The summed E-state index contributed by atoms with van der Waals surface area (Å²) < 4.78 is 0. The van der Waals surface area contributed by atoms with E-state index in [1.165, 1.54) is 5.20 Å². The van der Waals surface area contributed by atoms with Gasteiger partial charge >= 0.3 is 21.7 Å². The van der Waals surface area contributed by atoms with Gasteiger partial charge in [-0.1, -0.05) is 19.6 Å². The predicted molar refractivity (Wildman–Crippen MR) is 56.7 cm³/mol. The van der Waals surface area contributed by atoms with Gasteiger partial charge in [-0.2, -0.15) is 6.08 Å². The smallest absolute Gasteiger partial charge is 0.358 e. The minimum atomic E-state index is -1.01. The molecule has 0 saturated carbocycles. The Bertz CT molecular complexity index is 163. The second-order valence-corrected chi connectivity index (χ2v) is 8.49. The molecule has 0 N–H and O–H groups in total. The van der Waals surface area contributed by atoms with Crippen molar-refractivity contribution in [2.75, 3.05) is 0 Å². The van der Waals surface area contributed by atoms with E-state index in [-0.39, 0.29) is 36.6 Å². The molecule has 2 heteroatoms. The maximum atomic E-state index is 3.36. The van der Waals surface area contributed by atoms with Crippen molar-refractivity contribution in [1.82, 2.24) is 0 Å². The Hall–Kier alpha value is 0.411. The van der Waals surface area contributed by atoms with E-state index in [1.807, 2.05) is 0 Å². The molecule has 0 nitrogen and oxygen atoms in total. The molecule has 0 bridgehead atoms. The maximum absolute atomic E-state index is 3.36. The second kappa shape index (κ2) is 6.88. The fourth-order valence-corrected chi connectivity index (χ4v) is 2.17. The van der Waals surface area contributed by atoms with Gasteiger partial charge in [-0.05, 0) is 0 Å². The van der Waals surface area contributed by atoms with Crippen LogP contribution in [0.2, 0.25) is 19.6 Å². The van der Waals surface area contributed by atoms with Crippen LogP contribution in [0.5, 0.6) is 0 Å². The molecule has 1 aliphatic rings. The third-order valence-corrected chi connectivity index (χ3v) is 3.46. The summed E-state index contributed by atoms with van der Waals surface area (Å²) in [7, 11) is -1.01. The van der Waals surface area contributed by atoms with Gasteiger partial charge in [-0.25, -0.2) is 11.3 Å². The molecule has 0 unspecified atom stereocenters. The summed E-state index contributed by atoms with van der Waals surface area (Å²) in [6, 6.07) is 0. The number of hydrogen-bond donors (Lipinski definition) is 0. The number of rotatable bonds is 1. The van der Waals surface area contributed by atoms with Gasteiger partial charge in [0.1, 0.15) is 0 Å². The molecule has 12 heavy (non-hydrogen) atoms. The van der Waals surface area contributed by atoms with E-state index in [0.717, 1.165) is 6.42 Å². The van der Waals surface area contributed by atoms with Crippen molar-refractivity contribution in [2.24, 2.45) is 0 Å². The molecule has 0 saturated heterocycles. The van der Waals surface area contributed by atoms with Crippen LogP contribution in [0, 0.1) is 20.9 Å². The van der Waals surface area contributed by atoms with E-state index in [9.17, 15) is 0 Å². The number of allylic oxidation sites excluding steroid dienone is 4. The molecular weight excluding hydrogens is 196 g/mol. The molecule has 1 radical (unpaired) electrons. The standard InChI is InChI=1S/C8H13Si.2CH3.Ti/c1-9(2,3)8-6-4-5-7-8;;;/h4,6H,5H2,1-3H3;2*1H3;/q3*-1;+3. The summed E-state index contributed by atoms with van der Waals surface area (Å²) in [5.41, 5.74) is 0. The summed E-state index contributed by atoms with van der Waals surface area (Å²) in [4.78, 5) is 0. The Kier molecular flexibility index (Phi) is 10.5. The van der Waals surface area contributed by atoms with E-state index in [2.05, 4.69) is 37.9 Å². The fourth-order valence-electron chi connectivity index (χ4n) is 0.920. The van der Waals surface area contributed by atoms with E-state index in [4.69, 9.17) is 0 Å². The third kappa shape index (κ3) is 5.13. The summed E-state index contributed by atoms with van der Waals surface area (Å²) in [6.07, 6.45) is 8.82. The Labute approximate surface area is 94.0 Å². The molecule has 67 valence electrons. The SMILES string of the molecule is C[Si](C)(C)C1=[C-]CC=C1.[CH3-].[CH3-].[Ti+3]. The topological polar surface area (TPSA) is 0 Å². The second-order valence-electron chi connectivity index (χ2n) is 3.45.